The summed E-state index contributed by atoms with van der Waals surface area (Å²) in [5.74, 6) is -0.546. The maximum atomic E-state index is 13.5. The van der Waals surface area contributed by atoms with Crippen LogP contribution in [-0.4, -0.2) is 23.7 Å². The average molecular weight is 265 g/mol. The molecule has 1 heterocycles. The Bertz CT molecular complexity index is 483. The first-order chi connectivity index (χ1) is 9.16. The Hall–Kier alpha value is -1.82. The van der Waals surface area contributed by atoms with Crippen molar-refractivity contribution < 1.29 is 9.31 Å². The van der Waals surface area contributed by atoms with Crippen LogP contribution in [-0.2, 0) is 0 Å². The maximum absolute atomic E-state index is 13.5. The van der Waals surface area contributed by atoms with Crippen molar-refractivity contribution in [1.82, 2.24) is 5.32 Å². The van der Waals surface area contributed by atoms with Crippen molar-refractivity contribution in [3.05, 3.63) is 34.1 Å². The number of nitrogens with one attached hydrogen (secondary N) is 1. The van der Waals surface area contributed by atoms with Crippen LogP contribution in [0.2, 0.25) is 0 Å². The molecule has 0 radical (unpaired) electrons. The summed E-state index contributed by atoms with van der Waals surface area (Å²) in [6, 6.07) is 3.48. The van der Waals surface area contributed by atoms with Crippen molar-refractivity contribution in [1.29, 1.82) is 0 Å². The van der Waals surface area contributed by atoms with E-state index in [9.17, 15) is 14.5 Å². The van der Waals surface area contributed by atoms with E-state index in [-0.39, 0.29) is 17.4 Å². The molecule has 0 spiro atoms. The highest BCUT2D eigenvalue weighted by Crippen LogP contribution is 2.23. The van der Waals surface area contributed by atoms with Crippen LogP contribution in [0.3, 0.4) is 0 Å². The van der Waals surface area contributed by atoms with Gasteiger partial charge in [-0.3, -0.25) is 15.1 Å². The van der Waals surface area contributed by atoms with Gasteiger partial charge in [-0.25, -0.2) is 4.39 Å². The number of hydrogen-bond donors (Lipinski definition) is 1. The van der Waals surface area contributed by atoms with Gasteiger partial charge in [0.05, 0.1) is 4.92 Å². The predicted molar refractivity (Wildman–Crippen MR) is 71.5 cm³/mol. The van der Waals surface area contributed by atoms with Gasteiger partial charge >= 0.3 is 0 Å². The Morgan fingerprint density at radius 2 is 2.26 bits per heavy atom. The molecule has 1 aliphatic rings. The van der Waals surface area contributed by atoms with Crippen molar-refractivity contribution in [3.63, 3.8) is 0 Å². The fraction of sp³-hybridized carbons (Fsp3) is 0.462. The van der Waals surface area contributed by atoms with Gasteiger partial charge in [0, 0.05) is 24.4 Å². The van der Waals surface area contributed by atoms with Gasteiger partial charge in [0.25, 0.3) is 5.69 Å². The van der Waals surface area contributed by atoms with Gasteiger partial charge in [0.2, 0.25) is 0 Å². The number of halogens is 1. The van der Waals surface area contributed by atoms with E-state index in [2.05, 4.69) is 10.3 Å². The molecule has 1 saturated heterocycles. The number of benzene rings is 1. The number of non-ortho nitro benzene ring substituents is 1. The molecule has 19 heavy (non-hydrogen) atoms. The Balaban J connectivity index is 2.12. The first-order valence-electron chi connectivity index (χ1n) is 6.38. The number of nitro benzene ring substituents is 1. The Morgan fingerprint density at radius 1 is 1.42 bits per heavy atom. The zero-order valence-corrected chi connectivity index (χ0v) is 10.5. The van der Waals surface area contributed by atoms with Gasteiger partial charge < -0.3 is 5.32 Å². The van der Waals surface area contributed by atoms with E-state index in [0.717, 1.165) is 44.0 Å². The highest BCUT2D eigenvalue weighted by Gasteiger charge is 2.12. The number of nitro groups is 1. The third-order valence-corrected chi connectivity index (χ3v) is 3.13. The van der Waals surface area contributed by atoms with Crippen LogP contribution in [0.1, 0.15) is 25.7 Å². The molecular weight excluding hydrogens is 249 g/mol. The molecule has 1 unspecified atom stereocenters. The second-order valence-corrected chi connectivity index (χ2v) is 4.58. The topological polar surface area (TPSA) is 67.5 Å². The van der Waals surface area contributed by atoms with E-state index in [4.69, 9.17) is 0 Å². The summed E-state index contributed by atoms with van der Waals surface area (Å²) in [7, 11) is 0. The summed E-state index contributed by atoms with van der Waals surface area (Å²) in [6.45, 7) is 0.925. The lowest BCUT2D eigenvalue weighted by atomic mass is 10.1. The minimum Gasteiger partial charge on any atom is -0.309 e. The molecule has 0 amide bonds. The lowest BCUT2D eigenvalue weighted by Gasteiger charge is -2.09. The summed E-state index contributed by atoms with van der Waals surface area (Å²) >= 11 is 0. The highest BCUT2D eigenvalue weighted by atomic mass is 19.1. The van der Waals surface area contributed by atoms with E-state index in [0.29, 0.717) is 0 Å². The first kappa shape index (κ1) is 13.6. The van der Waals surface area contributed by atoms with Crippen LogP contribution in [0.5, 0.6) is 0 Å². The molecule has 1 N–H and O–H groups in total. The van der Waals surface area contributed by atoms with Gasteiger partial charge in [-0.2, -0.15) is 0 Å². The molecule has 0 aliphatic carbocycles. The zero-order chi connectivity index (χ0) is 13.7. The van der Waals surface area contributed by atoms with Crippen LogP contribution in [0.4, 0.5) is 15.8 Å². The second-order valence-electron chi connectivity index (χ2n) is 4.58. The fourth-order valence-electron chi connectivity index (χ4n) is 2.07. The van der Waals surface area contributed by atoms with Crippen LogP contribution in [0.25, 0.3) is 0 Å². The molecule has 5 nitrogen and oxygen atoms in total. The van der Waals surface area contributed by atoms with E-state index < -0.39 is 10.7 Å². The summed E-state index contributed by atoms with van der Waals surface area (Å²) < 4.78 is 13.5. The van der Waals surface area contributed by atoms with Crippen molar-refractivity contribution in [2.75, 3.05) is 6.54 Å². The normalized spacial score (nSPS) is 20.4. The van der Waals surface area contributed by atoms with Gasteiger partial charge in [-0.1, -0.05) is 12.8 Å². The fourth-order valence-corrected chi connectivity index (χ4v) is 2.07. The van der Waals surface area contributed by atoms with Gasteiger partial charge in [-0.15, -0.1) is 0 Å². The molecule has 0 bridgehead atoms. The molecule has 6 heteroatoms. The van der Waals surface area contributed by atoms with E-state index in [1.165, 1.54) is 6.42 Å². The SMILES string of the molecule is O=[N+]([O-])c1ccc(F)c(N=CC2CCCCCN2)c1. The molecule has 1 atom stereocenters. The van der Waals surface area contributed by atoms with E-state index in [1.54, 1.807) is 6.21 Å². The second kappa shape index (κ2) is 6.38. The first-order valence-corrected chi connectivity index (χ1v) is 6.38. The van der Waals surface area contributed by atoms with Crippen LogP contribution in [0, 0.1) is 15.9 Å². The molecule has 0 saturated carbocycles. The van der Waals surface area contributed by atoms with Crippen molar-refractivity contribution in [2.45, 2.75) is 31.7 Å². The largest absolute Gasteiger partial charge is 0.309 e. The summed E-state index contributed by atoms with van der Waals surface area (Å²) in [6.07, 6.45) is 6.03. The molecule has 1 aliphatic heterocycles. The van der Waals surface area contributed by atoms with Crippen molar-refractivity contribution in [2.24, 2.45) is 4.99 Å². The van der Waals surface area contributed by atoms with Gasteiger partial charge in [0.15, 0.2) is 0 Å². The summed E-state index contributed by atoms with van der Waals surface area (Å²) in [5, 5.41) is 13.9. The monoisotopic (exact) mass is 265 g/mol. The Labute approximate surface area is 110 Å². The van der Waals surface area contributed by atoms with E-state index >= 15 is 0 Å². The quantitative estimate of drug-likeness (QED) is 0.519. The van der Waals surface area contributed by atoms with Crippen LogP contribution in [0.15, 0.2) is 23.2 Å². The molecule has 2 rings (SSSR count). The molecule has 1 fully saturated rings. The van der Waals surface area contributed by atoms with E-state index in [1.807, 2.05) is 0 Å². The minimum absolute atomic E-state index is 0.0141. The highest BCUT2D eigenvalue weighted by molar-refractivity contribution is 5.69. The predicted octanol–water partition coefficient (Wildman–Crippen LogP) is 2.97. The maximum Gasteiger partial charge on any atom is 0.271 e. The smallest absolute Gasteiger partial charge is 0.271 e. The third-order valence-electron chi connectivity index (χ3n) is 3.13. The standard InChI is InChI=1S/C13H16FN3O2/c14-12-6-5-11(17(18)19)8-13(12)16-9-10-4-2-1-3-7-15-10/h5-6,8-10,15H,1-4,7H2. The minimum atomic E-state index is -0.553. The van der Waals surface area contributed by atoms with Crippen molar-refractivity contribution >= 4 is 17.6 Å². The van der Waals surface area contributed by atoms with Crippen molar-refractivity contribution in [3.8, 4) is 0 Å². The van der Waals surface area contributed by atoms with Gasteiger partial charge in [-0.05, 0) is 25.5 Å². The summed E-state index contributed by atoms with van der Waals surface area (Å²) in [5.41, 5.74) is -0.136. The molecule has 0 aromatic heterocycles. The lowest BCUT2D eigenvalue weighted by Crippen LogP contribution is -2.29. The summed E-state index contributed by atoms with van der Waals surface area (Å²) in [4.78, 5) is 14.1. The lowest BCUT2D eigenvalue weighted by molar-refractivity contribution is -0.384. The molecule has 102 valence electrons. The number of hydrogen-bond acceptors (Lipinski definition) is 4. The number of rotatable bonds is 3. The van der Waals surface area contributed by atoms with Crippen LogP contribution >= 0.6 is 0 Å². The zero-order valence-electron chi connectivity index (χ0n) is 10.5. The average Bonchev–Trinajstić information content (AvgIpc) is 2.66. The number of nitrogens with zero attached hydrogens (tertiary/aromatic N) is 2. The van der Waals surface area contributed by atoms with Gasteiger partial charge in [0.1, 0.15) is 11.5 Å². The molecule has 1 aromatic carbocycles. The third kappa shape index (κ3) is 3.82. The number of aliphatic imine (C=N–C) groups is 1. The Kier molecular flexibility index (Phi) is 4.57. The molecular formula is C13H16FN3O2. The van der Waals surface area contributed by atoms with Crippen LogP contribution < -0.4 is 5.32 Å². The Morgan fingerprint density at radius 3 is 3.05 bits per heavy atom. The molecule has 1 aromatic rings.